The first-order chi connectivity index (χ1) is 10.3. The molecule has 0 bridgehead atoms. The van der Waals surface area contributed by atoms with Crippen molar-refractivity contribution in [2.75, 3.05) is 0 Å². The summed E-state index contributed by atoms with van der Waals surface area (Å²) in [5, 5.41) is 8.99. The molecule has 0 atom stereocenters. The Bertz CT molecular complexity index is 907. The number of aromatic nitrogens is 7. The van der Waals surface area contributed by atoms with Gasteiger partial charge in [-0.25, -0.2) is 19.5 Å². The predicted molar refractivity (Wildman–Crippen MR) is 76.2 cm³/mol. The Morgan fingerprint density at radius 3 is 2.62 bits per heavy atom. The second-order valence-corrected chi connectivity index (χ2v) is 4.64. The standard InChI is InChI=1S/C14H11N7/c1-20-4-2-12(18-20)11-6-13(10-7-15-9-16-8-10)19-21-5-3-17-14(11)21/h2-9H,1H3. The smallest absolute Gasteiger partial charge is 0.163 e. The zero-order valence-electron chi connectivity index (χ0n) is 11.2. The van der Waals surface area contributed by atoms with Crippen molar-refractivity contribution < 1.29 is 0 Å². The van der Waals surface area contributed by atoms with E-state index in [1.54, 1.807) is 27.8 Å². The molecule has 0 radical (unpaired) electrons. The van der Waals surface area contributed by atoms with Crippen LogP contribution in [0, 0.1) is 0 Å². The minimum atomic E-state index is 0.772. The van der Waals surface area contributed by atoms with Crippen molar-refractivity contribution in [3.8, 4) is 22.5 Å². The Kier molecular flexibility index (Phi) is 2.50. The fourth-order valence-electron chi connectivity index (χ4n) is 2.24. The van der Waals surface area contributed by atoms with Gasteiger partial charge in [-0.15, -0.1) is 0 Å². The summed E-state index contributed by atoms with van der Waals surface area (Å²) >= 11 is 0. The van der Waals surface area contributed by atoms with Crippen molar-refractivity contribution in [1.82, 2.24) is 34.3 Å². The van der Waals surface area contributed by atoms with Crippen LogP contribution in [0.25, 0.3) is 28.2 Å². The molecule has 21 heavy (non-hydrogen) atoms. The topological polar surface area (TPSA) is 73.8 Å². The van der Waals surface area contributed by atoms with Crippen molar-refractivity contribution in [1.29, 1.82) is 0 Å². The monoisotopic (exact) mass is 277 g/mol. The number of nitrogens with zero attached hydrogens (tertiary/aromatic N) is 7. The van der Waals surface area contributed by atoms with E-state index in [0.29, 0.717) is 0 Å². The van der Waals surface area contributed by atoms with E-state index in [1.807, 2.05) is 31.6 Å². The first-order valence-electron chi connectivity index (χ1n) is 6.41. The van der Waals surface area contributed by atoms with Gasteiger partial charge in [0.1, 0.15) is 6.33 Å². The van der Waals surface area contributed by atoms with E-state index < -0.39 is 0 Å². The van der Waals surface area contributed by atoms with Gasteiger partial charge >= 0.3 is 0 Å². The van der Waals surface area contributed by atoms with Crippen LogP contribution in [0.3, 0.4) is 0 Å². The molecule has 4 aromatic heterocycles. The van der Waals surface area contributed by atoms with Crippen molar-refractivity contribution in [2.45, 2.75) is 0 Å². The number of imidazole rings is 1. The van der Waals surface area contributed by atoms with Crippen molar-refractivity contribution in [2.24, 2.45) is 7.05 Å². The Balaban J connectivity index is 1.99. The van der Waals surface area contributed by atoms with Crippen LogP contribution in [0.2, 0.25) is 0 Å². The summed E-state index contributed by atoms with van der Waals surface area (Å²) in [6.07, 6.45) is 10.4. The van der Waals surface area contributed by atoms with E-state index in [9.17, 15) is 0 Å². The first-order valence-corrected chi connectivity index (χ1v) is 6.41. The van der Waals surface area contributed by atoms with Crippen LogP contribution in [0.1, 0.15) is 0 Å². The third-order valence-corrected chi connectivity index (χ3v) is 3.21. The van der Waals surface area contributed by atoms with E-state index in [-0.39, 0.29) is 0 Å². The molecule has 102 valence electrons. The molecule has 0 spiro atoms. The summed E-state index contributed by atoms with van der Waals surface area (Å²) in [6.45, 7) is 0. The Hall–Kier alpha value is -3.09. The van der Waals surface area contributed by atoms with E-state index in [1.165, 1.54) is 6.33 Å². The highest BCUT2D eigenvalue weighted by Crippen LogP contribution is 2.26. The summed E-state index contributed by atoms with van der Waals surface area (Å²) in [6, 6.07) is 3.92. The van der Waals surface area contributed by atoms with E-state index in [4.69, 9.17) is 0 Å². The van der Waals surface area contributed by atoms with E-state index in [0.717, 1.165) is 28.2 Å². The number of fused-ring (bicyclic) bond motifs is 1. The lowest BCUT2D eigenvalue weighted by Gasteiger charge is -2.05. The zero-order valence-corrected chi connectivity index (χ0v) is 11.2. The van der Waals surface area contributed by atoms with Gasteiger partial charge in [-0.2, -0.15) is 10.2 Å². The molecular formula is C14H11N7. The lowest BCUT2D eigenvalue weighted by molar-refractivity contribution is 0.770. The van der Waals surface area contributed by atoms with Gasteiger partial charge in [-0.05, 0) is 12.1 Å². The van der Waals surface area contributed by atoms with Crippen LogP contribution in [0.4, 0.5) is 0 Å². The first kappa shape index (κ1) is 11.7. The molecule has 0 aliphatic heterocycles. The molecule has 0 aromatic carbocycles. The predicted octanol–water partition coefficient (Wildman–Crippen LogP) is 1.59. The van der Waals surface area contributed by atoms with Crippen LogP contribution >= 0.6 is 0 Å². The van der Waals surface area contributed by atoms with Gasteiger partial charge in [0.15, 0.2) is 5.65 Å². The lowest BCUT2D eigenvalue weighted by Crippen LogP contribution is -1.98. The molecule has 7 nitrogen and oxygen atoms in total. The molecule has 0 amide bonds. The second kappa shape index (κ2) is 4.48. The Morgan fingerprint density at radius 1 is 1.00 bits per heavy atom. The molecule has 0 N–H and O–H groups in total. The minimum absolute atomic E-state index is 0.772. The molecule has 7 heteroatoms. The van der Waals surface area contributed by atoms with E-state index >= 15 is 0 Å². The molecule has 0 saturated heterocycles. The maximum atomic E-state index is 4.54. The Morgan fingerprint density at radius 2 is 1.86 bits per heavy atom. The van der Waals surface area contributed by atoms with Gasteiger partial charge in [0.2, 0.25) is 0 Å². The van der Waals surface area contributed by atoms with Gasteiger partial charge in [0.25, 0.3) is 0 Å². The van der Waals surface area contributed by atoms with Gasteiger partial charge in [0.05, 0.1) is 11.4 Å². The van der Waals surface area contributed by atoms with Crippen molar-refractivity contribution in [3.05, 3.63) is 49.4 Å². The highest BCUT2D eigenvalue weighted by molar-refractivity contribution is 5.78. The number of hydrogen-bond acceptors (Lipinski definition) is 5. The van der Waals surface area contributed by atoms with Crippen LogP contribution in [-0.2, 0) is 7.05 Å². The molecule has 0 unspecified atom stereocenters. The molecule has 0 fully saturated rings. The summed E-state index contributed by atoms with van der Waals surface area (Å²) in [4.78, 5) is 12.4. The van der Waals surface area contributed by atoms with Gasteiger partial charge < -0.3 is 0 Å². The molecule has 4 aromatic rings. The van der Waals surface area contributed by atoms with Crippen molar-refractivity contribution in [3.63, 3.8) is 0 Å². The highest BCUT2D eigenvalue weighted by Gasteiger charge is 2.12. The third-order valence-electron chi connectivity index (χ3n) is 3.21. The van der Waals surface area contributed by atoms with Crippen LogP contribution in [-0.4, -0.2) is 34.3 Å². The normalized spacial score (nSPS) is 11.1. The van der Waals surface area contributed by atoms with Crippen molar-refractivity contribution >= 4 is 5.65 Å². The fraction of sp³-hybridized carbons (Fsp3) is 0.0714. The summed E-state index contributed by atoms with van der Waals surface area (Å²) in [5.41, 5.74) is 4.19. The van der Waals surface area contributed by atoms with Crippen LogP contribution in [0.5, 0.6) is 0 Å². The summed E-state index contributed by atoms with van der Waals surface area (Å²) in [5.74, 6) is 0. The highest BCUT2D eigenvalue weighted by atomic mass is 15.3. The summed E-state index contributed by atoms with van der Waals surface area (Å²) in [7, 11) is 1.89. The number of aryl methyl sites for hydroxylation is 1. The third kappa shape index (κ3) is 1.95. The molecular weight excluding hydrogens is 266 g/mol. The SMILES string of the molecule is Cn1ccc(-c2cc(-c3cncnc3)nn3ccnc23)n1. The van der Waals surface area contributed by atoms with Crippen LogP contribution in [0.15, 0.2) is 49.4 Å². The number of rotatable bonds is 2. The maximum Gasteiger partial charge on any atom is 0.163 e. The zero-order chi connectivity index (χ0) is 14.2. The van der Waals surface area contributed by atoms with Gasteiger partial charge in [0, 0.05) is 49.2 Å². The van der Waals surface area contributed by atoms with Gasteiger partial charge in [-0.1, -0.05) is 0 Å². The average Bonchev–Trinajstić information content (AvgIpc) is 3.15. The molecule has 0 aliphatic rings. The fourth-order valence-corrected chi connectivity index (χ4v) is 2.24. The number of hydrogen-bond donors (Lipinski definition) is 0. The van der Waals surface area contributed by atoms with Crippen LogP contribution < -0.4 is 0 Å². The van der Waals surface area contributed by atoms with Gasteiger partial charge in [-0.3, -0.25) is 4.68 Å². The quantitative estimate of drug-likeness (QED) is 0.556. The lowest BCUT2D eigenvalue weighted by atomic mass is 10.1. The molecule has 4 rings (SSSR count). The average molecular weight is 277 g/mol. The minimum Gasteiger partial charge on any atom is -0.275 e. The maximum absolute atomic E-state index is 4.54. The molecule has 0 aliphatic carbocycles. The summed E-state index contributed by atoms with van der Waals surface area (Å²) < 4.78 is 3.51. The largest absolute Gasteiger partial charge is 0.275 e. The van der Waals surface area contributed by atoms with E-state index in [2.05, 4.69) is 25.1 Å². The molecule has 0 saturated carbocycles. The Labute approximate surface area is 119 Å². The second-order valence-electron chi connectivity index (χ2n) is 4.64. The molecule has 4 heterocycles.